The number of carbonyl (C=O) groups excluding carboxylic acids is 1. The van der Waals surface area contributed by atoms with Crippen LogP contribution in [0.1, 0.15) is 31.7 Å². The van der Waals surface area contributed by atoms with Gasteiger partial charge >= 0.3 is 6.03 Å². The standard InChI is InChI=1S/C18H28N4O2.CH2O2/c1-13-7-6-8-14-16(13)21-15(20-14)9-12-22(4)17(23)19-11-10-18(2,3)24-5;2-1-3/h6-8H,9-12H2,1-5H3,(H,19,23)(H,20,21);1H,(H,2,3). The van der Waals surface area contributed by atoms with Gasteiger partial charge in [-0.25, -0.2) is 9.78 Å². The van der Waals surface area contributed by atoms with E-state index in [-0.39, 0.29) is 18.1 Å². The summed E-state index contributed by atoms with van der Waals surface area (Å²) in [6.45, 7) is 7.01. The maximum atomic E-state index is 12.1. The molecule has 150 valence electrons. The fraction of sp³-hybridized carbons (Fsp3) is 0.526. The minimum absolute atomic E-state index is 0.0748. The van der Waals surface area contributed by atoms with Crippen LogP contribution in [-0.2, 0) is 16.0 Å². The molecule has 0 saturated heterocycles. The largest absolute Gasteiger partial charge is 0.483 e. The molecule has 0 spiro atoms. The molecule has 0 atom stereocenters. The van der Waals surface area contributed by atoms with Crippen molar-refractivity contribution in [1.29, 1.82) is 0 Å². The summed E-state index contributed by atoms with van der Waals surface area (Å²) in [7, 11) is 3.48. The van der Waals surface area contributed by atoms with Gasteiger partial charge in [0, 0.05) is 33.7 Å². The van der Waals surface area contributed by atoms with Gasteiger partial charge in [-0.15, -0.1) is 0 Å². The first-order valence-electron chi connectivity index (χ1n) is 8.80. The highest BCUT2D eigenvalue weighted by Gasteiger charge is 2.17. The molecular formula is C19H30N4O4. The van der Waals surface area contributed by atoms with Crippen molar-refractivity contribution in [3.8, 4) is 0 Å². The number of carbonyl (C=O) groups is 2. The van der Waals surface area contributed by atoms with Crippen LogP contribution in [0.3, 0.4) is 0 Å². The maximum Gasteiger partial charge on any atom is 0.317 e. The lowest BCUT2D eigenvalue weighted by atomic mass is 10.1. The summed E-state index contributed by atoms with van der Waals surface area (Å²) in [6.07, 6.45) is 1.47. The van der Waals surface area contributed by atoms with E-state index >= 15 is 0 Å². The molecule has 0 bridgehead atoms. The van der Waals surface area contributed by atoms with Crippen LogP contribution in [0.5, 0.6) is 0 Å². The van der Waals surface area contributed by atoms with E-state index in [4.69, 9.17) is 14.6 Å². The number of hydrogen-bond acceptors (Lipinski definition) is 4. The predicted octanol–water partition coefficient (Wildman–Crippen LogP) is 2.57. The number of methoxy groups -OCH3 is 1. The number of benzene rings is 1. The van der Waals surface area contributed by atoms with Crippen LogP contribution in [0.25, 0.3) is 11.0 Å². The zero-order valence-electron chi connectivity index (χ0n) is 16.7. The summed E-state index contributed by atoms with van der Waals surface area (Å²) in [5, 5.41) is 9.81. The number of imidazole rings is 1. The van der Waals surface area contributed by atoms with Gasteiger partial charge in [-0.1, -0.05) is 12.1 Å². The number of urea groups is 1. The molecular weight excluding hydrogens is 348 g/mol. The maximum absolute atomic E-state index is 12.1. The van der Waals surface area contributed by atoms with Crippen LogP contribution >= 0.6 is 0 Å². The van der Waals surface area contributed by atoms with E-state index < -0.39 is 0 Å². The number of amides is 2. The van der Waals surface area contributed by atoms with E-state index in [1.807, 2.05) is 39.0 Å². The minimum Gasteiger partial charge on any atom is -0.483 e. The topological polar surface area (TPSA) is 108 Å². The van der Waals surface area contributed by atoms with Crippen molar-refractivity contribution >= 4 is 23.5 Å². The van der Waals surface area contributed by atoms with E-state index in [0.717, 1.165) is 28.8 Å². The molecule has 27 heavy (non-hydrogen) atoms. The average Bonchev–Trinajstić information content (AvgIpc) is 3.04. The van der Waals surface area contributed by atoms with E-state index in [0.29, 0.717) is 19.5 Å². The number of likely N-dealkylation sites (N-methyl/N-ethyl adjacent to an activating group) is 1. The normalized spacial score (nSPS) is 10.9. The Balaban J connectivity index is 0.00000114. The van der Waals surface area contributed by atoms with Crippen molar-refractivity contribution in [1.82, 2.24) is 20.2 Å². The fourth-order valence-electron chi connectivity index (χ4n) is 2.43. The molecule has 2 aromatic rings. The van der Waals surface area contributed by atoms with Gasteiger partial charge in [0.2, 0.25) is 0 Å². The van der Waals surface area contributed by atoms with Gasteiger partial charge in [0.05, 0.1) is 16.6 Å². The Kier molecular flexibility index (Phi) is 8.74. The van der Waals surface area contributed by atoms with Gasteiger partial charge in [-0.3, -0.25) is 4.79 Å². The number of fused-ring (bicyclic) bond motifs is 1. The Morgan fingerprint density at radius 1 is 1.44 bits per heavy atom. The van der Waals surface area contributed by atoms with Crippen LogP contribution in [0, 0.1) is 6.92 Å². The SMILES string of the molecule is COC(C)(C)CCNC(=O)N(C)CCc1nc2c(C)cccc2[nH]1.O=CO. The molecule has 1 heterocycles. The van der Waals surface area contributed by atoms with Gasteiger partial charge in [-0.05, 0) is 38.8 Å². The fourth-order valence-corrected chi connectivity index (χ4v) is 2.43. The first-order chi connectivity index (χ1) is 12.7. The zero-order chi connectivity index (χ0) is 20.4. The molecule has 0 aliphatic rings. The molecule has 1 aromatic carbocycles. The number of H-pyrrole nitrogens is 1. The second-order valence-corrected chi connectivity index (χ2v) is 6.88. The first kappa shape index (κ1) is 22.4. The molecule has 0 aliphatic carbocycles. The number of para-hydroxylation sites is 1. The number of nitrogens with one attached hydrogen (secondary N) is 2. The molecule has 1 aromatic heterocycles. The zero-order valence-corrected chi connectivity index (χ0v) is 16.7. The number of aryl methyl sites for hydroxylation is 1. The van der Waals surface area contributed by atoms with E-state index in [1.54, 1.807) is 19.1 Å². The molecule has 0 fully saturated rings. The third-order valence-electron chi connectivity index (χ3n) is 4.35. The van der Waals surface area contributed by atoms with Crippen molar-refractivity contribution in [3.05, 3.63) is 29.6 Å². The quantitative estimate of drug-likeness (QED) is 0.642. The summed E-state index contributed by atoms with van der Waals surface area (Å²) in [4.78, 5) is 30.1. The second kappa shape index (κ2) is 10.5. The van der Waals surface area contributed by atoms with E-state index in [1.165, 1.54) is 0 Å². The molecule has 8 heteroatoms. The summed E-state index contributed by atoms with van der Waals surface area (Å²) in [5.41, 5.74) is 2.97. The highest BCUT2D eigenvalue weighted by molar-refractivity contribution is 5.78. The number of hydrogen-bond donors (Lipinski definition) is 3. The second-order valence-electron chi connectivity index (χ2n) is 6.88. The van der Waals surface area contributed by atoms with Crippen molar-refractivity contribution in [2.45, 2.75) is 39.2 Å². The van der Waals surface area contributed by atoms with Gasteiger partial charge < -0.3 is 25.0 Å². The van der Waals surface area contributed by atoms with Crippen LogP contribution in [0.4, 0.5) is 4.79 Å². The van der Waals surface area contributed by atoms with Crippen LogP contribution < -0.4 is 5.32 Å². The summed E-state index contributed by atoms with van der Waals surface area (Å²) >= 11 is 0. The summed E-state index contributed by atoms with van der Waals surface area (Å²) in [5.74, 6) is 0.902. The van der Waals surface area contributed by atoms with E-state index in [9.17, 15) is 4.79 Å². The van der Waals surface area contributed by atoms with E-state index in [2.05, 4.69) is 15.3 Å². The van der Waals surface area contributed by atoms with Gasteiger partial charge in [0.15, 0.2) is 0 Å². The highest BCUT2D eigenvalue weighted by atomic mass is 16.5. The number of aromatic amines is 1. The lowest BCUT2D eigenvalue weighted by Gasteiger charge is -2.24. The predicted molar refractivity (Wildman–Crippen MR) is 105 cm³/mol. The molecule has 0 unspecified atom stereocenters. The average molecular weight is 378 g/mol. The number of ether oxygens (including phenoxy) is 1. The van der Waals surface area contributed by atoms with Gasteiger partial charge in [-0.2, -0.15) is 0 Å². The molecule has 2 rings (SSSR count). The van der Waals surface area contributed by atoms with Gasteiger partial charge in [0.1, 0.15) is 5.82 Å². The van der Waals surface area contributed by atoms with Crippen molar-refractivity contribution in [2.24, 2.45) is 0 Å². The number of nitrogens with zero attached hydrogens (tertiary/aromatic N) is 2. The molecule has 8 nitrogen and oxygen atoms in total. The third kappa shape index (κ3) is 7.26. The summed E-state index contributed by atoms with van der Waals surface area (Å²) in [6, 6.07) is 6.01. The molecule has 2 amide bonds. The Bertz CT molecular complexity index is 742. The van der Waals surface area contributed by atoms with Crippen LogP contribution in [0.2, 0.25) is 0 Å². The lowest BCUT2D eigenvalue weighted by Crippen LogP contribution is -2.40. The van der Waals surface area contributed by atoms with Crippen molar-refractivity contribution in [3.63, 3.8) is 0 Å². The highest BCUT2D eigenvalue weighted by Crippen LogP contribution is 2.15. The van der Waals surface area contributed by atoms with Crippen LogP contribution in [-0.4, -0.2) is 65.3 Å². The molecule has 0 saturated carbocycles. The number of carboxylic acid groups (broad SMARTS) is 1. The third-order valence-corrected chi connectivity index (χ3v) is 4.35. The van der Waals surface area contributed by atoms with Crippen LogP contribution in [0.15, 0.2) is 18.2 Å². The Hall–Kier alpha value is -2.61. The molecule has 0 aliphatic heterocycles. The number of rotatable bonds is 7. The lowest BCUT2D eigenvalue weighted by molar-refractivity contribution is -0.122. The van der Waals surface area contributed by atoms with Gasteiger partial charge in [0.25, 0.3) is 6.47 Å². The Morgan fingerprint density at radius 2 is 2.11 bits per heavy atom. The van der Waals surface area contributed by atoms with Crippen molar-refractivity contribution < 1.29 is 19.4 Å². The first-order valence-corrected chi connectivity index (χ1v) is 8.80. The monoisotopic (exact) mass is 378 g/mol. The number of aromatic nitrogens is 2. The Labute approximate surface area is 159 Å². The van der Waals surface area contributed by atoms with Crippen molar-refractivity contribution in [2.75, 3.05) is 27.2 Å². The Morgan fingerprint density at radius 3 is 2.70 bits per heavy atom. The summed E-state index contributed by atoms with van der Waals surface area (Å²) < 4.78 is 5.35. The molecule has 0 radical (unpaired) electrons. The molecule has 3 N–H and O–H groups in total. The smallest absolute Gasteiger partial charge is 0.317 e. The minimum atomic E-state index is -0.250.